The maximum atomic E-state index is 6.10. The lowest BCUT2D eigenvalue weighted by molar-refractivity contribution is 0.886. The Balaban J connectivity index is 0.00000124. The summed E-state index contributed by atoms with van der Waals surface area (Å²) in [6, 6.07) is 8.28. The van der Waals surface area contributed by atoms with Gasteiger partial charge in [0, 0.05) is 29.9 Å². The van der Waals surface area contributed by atoms with Gasteiger partial charge in [0.05, 0.1) is 29.6 Å². The zero-order chi connectivity index (χ0) is 21.8. The second kappa shape index (κ2) is 10.1. The molecule has 1 aliphatic heterocycles. The Morgan fingerprint density at radius 3 is 2.67 bits per heavy atom. The Kier molecular flexibility index (Phi) is 7.70. The first kappa shape index (κ1) is 23.0. The number of hydrogen-bond acceptors (Lipinski definition) is 7. The zero-order valence-corrected chi connectivity index (χ0v) is 21.7. The number of aryl methyl sites for hydroxylation is 1. The number of imidazole rings is 1. The molecule has 1 aliphatic rings. The van der Waals surface area contributed by atoms with Gasteiger partial charge in [0.25, 0.3) is 0 Å². The van der Waals surface area contributed by atoms with Crippen molar-refractivity contribution in [2.75, 3.05) is 27.3 Å². The van der Waals surface area contributed by atoms with Crippen molar-refractivity contribution in [3.8, 4) is 11.3 Å². The molecule has 3 heterocycles. The van der Waals surface area contributed by atoms with Crippen molar-refractivity contribution >= 4 is 68.9 Å². The van der Waals surface area contributed by atoms with Crippen molar-refractivity contribution in [2.45, 2.75) is 31.8 Å². The third kappa shape index (κ3) is 4.48. The first-order valence-electron chi connectivity index (χ1n) is 9.66. The standard InChI is InChI=1S/C18H21IN7PS.C2H6/c1-10-22-17-13(7-16(20)24-18(17)26(10)27-19)23-12-5-4-11(6-15(12)28-3)14-8-21-9-25(14)2;1-2/h4-10,22,27H,1-3H3,(H3,20,23,24);1-2H3. The van der Waals surface area contributed by atoms with E-state index in [1.807, 2.05) is 44.1 Å². The molecule has 0 saturated carbocycles. The fourth-order valence-corrected chi connectivity index (χ4v) is 6.25. The molecule has 0 saturated heterocycles. The summed E-state index contributed by atoms with van der Waals surface area (Å²) in [5.41, 5.74) is 11.3. The average molecular weight is 555 g/mol. The van der Waals surface area contributed by atoms with Crippen LogP contribution in [0.15, 0.2) is 41.7 Å². The normalized spacial score (nSPS) is 15.0. The number of fused-ring (bicyclic) bond motifs is 1. The number of benzene rings is 1. The van der Waals surface area contributed by atoms with Gasteiger partial charge in [-0.15, -0.1) is 11.8 Å². The molecule has 4 rings (SSSR count). The van der Waals surface area contributed by atoms with E-state index < -0.39 is 0 Å². The molecule has 160 valence electrons. The van der Waals surface area contributed by atoms with Crippen LogP contribution in [0.2, 0.25) is 0 Å². The number of hydrogen-bond donors (Lipinski definition) is 3. The summed E-state index contributed by atoms with van der Waals surface area (Å²) in [4.78, 5) is 9.92. The maximum absolute atomic E-state index is 6.10. The van der Waals surface area contributed by atoms with E-state index in [4.69, 9.17) is 5.73 Å². The molecule has 30 heavy (non-hydrogen) atoms. The number of aromatic nitrogens is 3. The Morgan fingerprint density at radius 1 is 1.27 bits per heavy atom. The van der Waals surface area contributed by atoms with Crippen molar-refractivity contribution in [1.29, 1.82) is 0 Å². The molecular formula is C20H27IN7PS. The molecule has 0 spiro atoms. The molecule has 2 unspecified atom stereocenters. The number of pyridine rings is 1. The van der Waals surface area contributed by atoms with Crippen LogP contribution in [0.3, 0.4) is 0 Å². The number of nitrogens with zero attached hydrogens (tertiary/aromatic N) is 4. The molecular weight excluding hydrogens is 528 g/mol. The van der Waals surface area contributed by atoms with Crippen LogP contribution in [-0.4, -0.2) is 27.0 Å². The number of anilines is 5. The summed E-state index contributed by atoms with van der Waals surface area (Å²) >= 11 is 4.08. The minimum absolute atomic E-state index is 0.187. The van der Waals surface area contributed by atoms with Gasteiger partial charge in [0.2, 0.25) is 0 Å². The summed E-state index contributed by atoms with van der Waals surface area (Å²) < 4.78 is 4.24. The fraction of sp³-hybridized carbons (Fsp3) is 0.300. The van der Waals surface area contributed by atoms with Crippen LogP contribution in [0.4, 0.5) is 28.7 Å². The van der Waals surface area contributed by atoms with E-state index in [9.17, 15) is 0 Å². The van der Waals surface area contributed by atoms with Crippen LogP contribution >= 0.6 is 40.2 Å². The highest BCUT2D eigenvalue weighted by Gasteiger charge is 2.29. The van der Waals surface area contributed by atoms with Crippen LogP contribution < -0.4 is 21.0 Å². The van der Waals surface area contributed by atoms with Gasteiger partial charge in [0.15, 0.2) is 5.82 Å². The number of nitrogens with two attached hydrogens (primary N) is 1. The SMILES string of the molecule is CC.CSc1cc(-c2cncn2C)ccc1Nc1cc(N)nc2c1NC(C)N2PI. The van der Waals surface area contributed by atoms with E-state index in [0.29, 0.717) is 12.2 Å². The van der Waals surface area contributed by atoms with Crippen LogP contribution in [0.5, 0.6) is 0 Å². The van der Waals surface area contributed by atoms with Crippen molar-refractivity contribution in [1.82, 2.24) is 14.5 Å². The minimum atomic E-state index is 0.187. The summed E-state index contributed by atoms with van der Waals surface area (Å²) in [6.07, 6.45) is 6.55. The van der Waals surface area contributed by atoms with E-state index >= 15 is 0 Å². The van der Waals surface area contributed by atoms with Crippen LogP contribution in [0, 0.1) is 0 Å². The van der Waals surface area contributed by atoms with Gasteiger partial charge in [-0.1, -0.05) is 19.9 Å². The van der Waals surface area contributed by atoms with E-state index in [0.717, 1.165) is 39.0 Å². The van der Waals surface area contributed by atoms with Crippen molar-refractivity contribution < 1.29 is 0 Å². The van der Waals surface area contributed by atoms with Crippen LogP contribution in [0.25, 0.3) is 11.3 Å². The van der Waals surface area contributed by atoms with E-state index in [1.54, 1.807) is 11.8 Å². The summed E-state index contributed by atoms with van der Waals surface area (Å²) in [5.74, 6) is 1.41. The Bertz CT molecular complexity index is 1030. The molecule has 2 aromatic heterocycles. The Morgan fingerprint density at radius 2 is 2.03 bits per heavy atom. The molecule has 7 nitrogen and oxygen atoms in total. The molecule has 0 aliphatic carbocycles. The highest BCUT2D eigenvalue weighted by molar-refractivity contribution is 14.2. The highest BCUT2D eigenvalue weighted by Crippen LogP contribution is 2.48. The maximum Gasteiger partial charge on any atom is 0.161 e. The number of nitrogens with one attached hydrogen (secondary N) is 2. The molecule has 0 fully saturated rings. The number of nitrogen functional groups attached to an aromatic ring is 1. The fourth-order valence-electron chi connectivity index (χ4n) is 3.27. The largest absolute Gasteiger partial charge is 0.384 e. The van der Waals surface area contributed by atoms with Crippen molar-refractivity contribution in [3.63, 3.8) is 0 Å². The molecule has 0 amide bonds. The third-order valence-corrected chi connectivity index (χ3v) is 7.78. The van der Waals surface area contributed by atoms with Gasteiger partial charge in [0.1, 0.15) is 17.7 Å². The van der Waals surface area contributed by atoms with Gasteiger partial charge in [-0.25, -0.2) is 9.97 Å². The van der Waals surface area contributed by atoms with Gasteiger partial charge < -0.3 is 25.6 Å². The lowest BCUT2D eigenvalue weighted by atomic mass is 10.1. The molecule has 10 heteroatoms. The molecule has 0 bridgehead atoms. The molecule has 2 atom stereocenters. The lowest BCUT2D eigenvalue weighted by Gasteiger charge is -2.19. The Hall–Kier alpha value is -1.71. The van der Waals surface area contributed by atoms with Gasteiger partial charge in [-0.05, 0) is 47.4 Å². The van der Waals surface area contributed by atoms with E-state index in [1.165, 1.54) is 0 Å². The minimum Gasteiger partial charge on any atom is -0.384 e. The van der Waals surface area contributed by atoms with E-state index in [2.05, 4.69) is 78.7 Å². The quantitative estimate of drug-likeness (QED) is 0.200. The molecule has 3 aromatic rings. The second-order valence-electron chi connectivity index (χ2n) is 6.50. The van der Waals surface area contributed by atoms with Gasteiger partial charge in [-0.2, -0.15) is 0 Å². The van der Waals surface area contributed by atoms with Crippen molar-refractivity contribution in [3.05, 3.63) is 36.8 Å². The lowest BCUT2D eigenvalue weighted by Crippen LogP contribution is -2.24. The first-order valence-corrected chi connectivity index (χ1v) is 14.9. The number of halogens is 1. The monoisotopic (exact) mass is 555 g/mol. The summed E-state index contributed by atoms with van der Waals surface area (Å²) in [5, 5.41) is 7.09. The number of rotatable bonds is 5. The molecule has 1 aromatic carbocycles. The summed E-state index contributed by atoms with van der Waals surface area (Å²) in [6.45, 7) is 6.13. The number of thioether (sulfide) groups is 1. The third-order valence-electron chi connectivity index (χ3n) is 4.66. The summed E-state index contributed by atoms with van der Waals surface area (Å²) in [7, 11) is 2.00. The van der Waals surface area contributed by atoms with Crippen molar-refractivity contribution in [2.24, 2.45) is 7.05 Å². The topological polar surface area (TPSA) is 84.0 Å². The highest BCUT2D eigenvalue weighted by atomic mass is 127. The Labute approximate surface area is 196 Å². The molecule has 4 N–H and O–H groups in total. The first-order chi connectivity index (χ1) is 14.5. The van der Waals surface area contributed by atoms with Crippen LogP contribution in [0.1, 0.15) is 20.8 Å². The predicted octanol–water partition coefficient (Wildman–Crippen LogP) is 6.08. The average Bonchev–Trinajstić information content (AvgIpc) is 3.32. The second-order valence-corrected chi connectivity index (χ2v) is 9.44. The predicted molar refractivity (Wildman–Crippen MR) is 142 cm³/mol. The molecule has 0 radical (unpaired) electrons. The van der Waals surface area contributed by atoms with E-state index in [-0.39, 0.29) is 6.17 Å². The smallest absolute Gasteiger partial charge is 0.161 e. The van der Waals surface area contributed by atoms with Gasteiger partial charge in [-0.3, -0.25) is 0 Å². The zero-order valence-electron chi connectivity index (χ0n) is 17.7. The van der Waals surface area contributed by atoms with Gasteiger partial charge >= 0.3 is 0 Å². The van der Waals surface area contributed by atoms with Crippen LogP contribution in [-0.2, 0) is 7.05 Å².